The first kappa shape index (κ1) is 49.7. The number of rotatable bonds is 9. The van der Waals surface area contributed by atoms with Gasteiger partial charge in [0.1, 0.15) is 5.92 Å². The lowest BCUT2D eigenvalue weighted by molar-refractivity contribution is -0.154. The molecule has 0 saturated carbocycles. The Morgan fingerprint density at radius 2 is 1.25 bits per heavy atom. The molecule has 0 rings (SSSR count). The van der Waals surface area contributed by atoms with E-state index in [-0.39, 0.29) is 31.6 Å². The molecule has 36 heavy (non-hydrogen) atoms. The Hall–Kier alpha value is -3.38. The van der Waals surface area contributed by atoms with Gasteiger partial charge in [-0.25, -0.2) is 0 Å². The molecule has 6 heteroatoms. The van der Waals surface area contributed by atoms with E-state index in [0.29, 0.717) is 0 Å². The Balaban J connectivity index is -0.000000101. The highest BCUT2D eigenvalue weighted by Crippen LogP contribution is 2.38. The van der Waals surface area contributed by atoms with E-state index in [1.165, 1.54) is 6.08 Å². The summed E-state index contributed by atoms with van der Waals surface area (Å²) in [4.78, 5) is 23.8. The van der Waals surface area contributed by atoms with Gasteiger partial charge in [0.15, 0.2) is 5.41 Å². The number of allylic oxidation sites excluding steroid dienone is 4. The van der Waals surface area contributed by atoms with Crippen LogP contribution in [0, 0.1) is 34.0 Å². The number of esters is 2. The predicted octanol–water partition coefficient (Wildman–Crippen LogP) is 8.55. The average Bonchev–Trinajstić information content (AvgIpc) is 2.92. The van der Waals surface area contributed by atoms with Crippen LogP contribution in [-0.4, -0.2) is 25.2 Å². The van der Waals surface area contributed by atoms with Gasteiger partial charge in [0.25, 0.3) is 0 Å². The quantitative estimate of drug-likeness (QED) is 0.176. The van der Waals surface area contributed by atoms with Gasteiger partial charge in [-0.1, -0.05) is 72.9 Å². The molecule has 0 amide bonds. The van der Waals surface area contributed by atoms with Crippen molar-refractivity contribution in [1.29, 1.82) is 10.5 Å². The lowest BCUT2D eigenvalue weighted by Gasteiger charge is -2.28. The summed E-state index contributed by atoms with van der Waals surface area (Å²) in [6, 6.07) is 3.74. The van der Waals surface area contributed by atoms with Crippen molar-refractivity contribution in [1.82, 2.24) is 0 Å². The number of carbonyl (C=O) groups excluding carboxylic acids is 2. The lowest BCUT2D eigenvalue weighted by atomic mass is 9.70. The third-order valence-corrected chi connectivity index (χ3v) is 3.12. The SMILES string of the molecule is C=C.C=CC.C=CC.C=CC(=C)C(C#N)C(C#N)(CCC(=O)OCC)C(=O)OCC.CC.CC.CC. The van der Waals surface area contributed by atoms with Gasteiger partial charge in [0.05, 0.1) is 25.4 Å². The third-order valence-electron chi connectivity index (χ3n) is 3.12. The number of ether oxygens (including phenoxy) is 2. The Morgan fingerprint density at radius 1 is 0.889 bits per heavy atom. The van der Waals surface area contributed by atoms with Gasteiger partial charge in [-0.3, -0.25) is 9.59 Å². The number of nitrogens with zero attached hydrogens (tertiary/aromatic N) is 2. The summed E-state index contributed by atoms with van der Waals surface area (Å²) < 4.78 is 9.72. The average molecular weight is 507 g/mol. The van der Waals surface area contributed by atoms with Crippen LogP contribution >= 0.6 is 0 Å². The van der Waals surface area contributed by atoms with E-state index in [0.717, 1.165) is 0 Å². The highest BCUT2D eigenvalue weighted by Gasteiger charge is 2.49. The molecule has 208 valence electrons. The highest BCUT2D eigenvalue weighted by molar-refractivity contribution is 5.83. The van der Waals surface area contributed by atoms with Gasteiger partial charge in [-0.2, -0.15) is 10.5 Å². The monoisotopic (exact) mass is 506 g/mol. The summed E-state index contributed by atoms with van der Waals surface area (Å²) in [7, 11) is 0. The molecule has 0 bridgehead atoms. The fraction of sp³-hybridized carbons (Fsp3) is 0.533. The molecule has 2 atom stereocenters. The van der Waals surface area contributed by atoms with Crippen molar-refractivity contribution < 1.29 is 19.1 Å². The molecule has 0 aliphatic heterocycles. The molecule has 0 fully saturated rings. The predicted molar refractivity (Wildman–Crippen MR) is 156 cm³/mol. The summed E-state index contributed by atoms with van der Waals surface area (Å²) >= 11 is 0. The fourth-order valence-corrected chi connectivity index (χ4v) is 1.95. The smallest absolute Gasteiger partial charge is 0.328 e. The summed E-state index contributed by atoms with van der Waals surface area (Å²) in [6.45, 7) is 39.1. The fourth-order valence-electron chi connectivity index (χ4n) is 1.95. The molecular weight excluding hydrogens is 452 g/mol. The van der Waals surface area contributed by atoms with Crippen LogP contribution in [0.1, 0.15) is 82.1 Å². The van der Waals surface area contributed by atoms with E-state index >= 15 is 0 Å². The van der Waals surface area contributed by atoms with Gasteiger partial charge in [0.2, 0.25) is 0 Å². The normalized spacial score (nSPS) is 9.67. The van der Waals surface area contributed by atoms with Crippen molar-refractivity contribution in [3.05, 3.63) is 63.3 Å². The molecule has 0 saturated heterocycles. The van der Waals surface area contributed by atoms with Crippen molar-refractivity contribution in [2.45, 2.75) is 82.1 Å². The number of nitriles is 2. The summed E-state index contributed by atoms with van der Waals surface area (Å²) in [6.07, 6.45) is 4.44. The van der Waals surface area contributed by atoms with E-state index in [1.807, 2.05) is 67.5 Å². The van der Waals surface area contributed by atoms with Crippen LogP contribution in [0.3, 0.4) is 0 Å². The van der Waals surface area contributed by atoms with Gasteiger partial charge in [-0.05, 0) is 39.7 Å². The molecule has 0 heterocycles. The Kier molecular flexibility index (Phi) is 62.3. The van der Waals surface area contributed by atoms with Crippen LogP contribution in [0.25, 0.3) is 0 Å². The first-order valence-electron chi connectivity index (χ1n) is 12.4. The topological polar surface area (TPSA) is 100 Å². The second-order valence-corrected chi connectivity index (χ2v) is 5.27. The van der Waals surface area contributed by atoms with E-state index < -0.39 is 23.3 Å². The zero-order valence-electron chi connectivity index (χ0n) is 24.9. The maximum Gasteiger partial charge on any atom is 0.328 e. The van der Waals surface area contributed by atoms with Crippen LogP contribution in [0.15, 0.2) is 63.3 Å². The van der Waals surface area contributed by atoms with Crippen LogP contribution in [0.2, 0.25) is 0 Å². The maximum atomic E-state index is 12.3. The molecule has 0 radical (unpaired) electrons. The number of carbonyl (C=O) groups is 2. The van der Waals surface area contributed by atoms with Crippen LogP contribution in [0.4, 0.5) is 0 Å². The van der Waals surface area contributed by atoms with Crippen LogP contribution < -0.4 is 0 Å². The van der Waals surface area contributed by atoms with Crippen molar-refractivity contribution in [3.8, 4) is 12.1 Å². The molecule has 0 spiro atoms. The molecule has 0 aromatic heterocycles. The zero-order valence-corrected chi connectivity index (χ0v) is 24.9. The van der Waals surface area contributed by atoms with Crippen LogP contribution in [0.5, 0.6) is 0 Å². The van der Waals surface area contributed by atoms with E-state index in [2.05, 4.69) is 39.5 Å². The summed E-state index contributed by atoms with van der Waals surface area (Å²) in [5, 5.41) is 18.9. The molecule has 0 N–H and O–H groups in total. The third kappa shape index (κ3) is 26.9. The minimum atomic E-state index is -1.82. The molecule has 0 aromatic rings. The second-order valence-electron chi connectivity index (χ2n) is 5.27. The standard InChI is InChI=1S/C16H20N2O4.2C3H6.3C2H6.C2H4/c1-5-12(4)13(10-17)16(11-18,15(20)22-7-3)9-8-14(19)21-6-2;2*1-3-2;4*1-2/h5,13H,1,4,6-9H2,2-3H3;2*3H,1H2,2H3;3*1-2H3;1-2H2. The van der Waals surface area contributed by atoms with Gasteiger partial charge >= 0.3 is 11.9 Å². The first-order valence-corrected chi connectivity index (χ1v) is 12.4. The van der Waals surface area contributed by atoms with Crippen molar-refractivity contribution in [2.75, 3.05) is 13.2 Å². The molecule has 2 unspecified atom stereocenters. The molecule has 0 aromatic carbocycles. The van der Waals surface area contributed by atoms with Gasteiger partial charge in [-0.15, -0.1) is 26.3 Å². The Labute approximate surface area is 223 Å². The van der Waals surface area contributed by atoms with Crippen molar-refractivity contribution in [3.63, 3.8) is 0 Å². The van der Waals surface area contributed by atoms with Crippen LogP contribution in [-0.2, 0) is 19.1 Å². The number of hydrogen-bond donors (Lipinski definition) is 0. The zero-order chi connectivity index (χ0) is 30.6. The minimum Gasteiger partial charge on any atom is -0.466 e. The summed E-state index contributed by atoms with van der Waals surface area (Å²) in [5.74, 6) is -2.55. The van der Waals surface area contributed by atoms with E-state index in [1.54, 1.807) is 26.0 Å². The van der Waals surface area contributed by atoms with Crippen molar-refractivity contribution in [2.24, 2.45) is 11.3 Å². The number of hydrogen-bond acceptors (Lipinski definition) is 6. The molecule has 0 aliphatic rings. The lowest BCUT2D eigenvalue weighted by Crippen LogP contribution is -2.39. The van der Waals surface area contributed by atoms with E-state index in [9.17, 15) is 20.1 Å². The van der Waals surface area contributed by atoms with Crippen molar-refractivity contribution >= 4 is 11.9 Å². The van der Waals surface area contributed by atoms with Gasteiger partial charge < -0.3 is 9.47 Å². The molecular formula is C30H54N2O4. The second kappa shape index (κ2) is 45.2. The Morgan fingerprint density at radius 3 is 1.50 bits per heavy atom. The van der Waals surface area contributed by atoms with Gasteiger partial charge in [0, 0.05) is 6.42 Å². The molecule has 0 aliphatic carbocycles. The summed E-state index contributed by atoms with van der Waals surface area (Å²) in [5.41, 5.74) is -1.59. The largest absolute Gasteiger partial charge is 0.466 e. The van der Waals surface area contributed by atoms with E-state index in [4.69, 9.17) is 9.47 Å². The Bertz CT molecular complexity index is 622. The maximum absolute atomic E-state index is 12.3. The minimum absolute atomic E-state index is 0.0559. The first-order chi connectivity index (χ1) is 17.3. The highest BCUT2D eigenvalue weighted by atomic mass is 16.5. The molecule has 6 nitrogen and oxygen atoms in total.